The summed E-state index contributed by atoms with van der Waals surface area (Å²) in [5.41, 5.74) is 2.55. The van der Waals surface area contributed by atoms with Gasteiger partial charge in [-0.1, -0.05) is 13.0 Å². The van der Waals surface area contributed by atoms with E-state index in [9.17, 15) is 4.79 Å². The van der Waals surface area contributed by atoms with Crippen LogP contribution in [0.5, 0.6) is 0 Å². The third-order valence-electron chi connectivity index (χ3n) is 4.40. The SMILES string of the molecule is CCN1CCN(c2nc(C)cc(Nc3cccc(NC(C)=O)c3)n2)CC1. The predicted molar refractivity (Wildman–Crippen MR) is 105 cm³/mol. The van der Waals surface area contributed by atoms with Gasteiger partial charge in [0.05, 0.1) is 0 Å². The zero-order valence-corrected chi connectivity index (χ0v) is 15.6. The van der Waals surface area contributed by atoms with Gasteiger partial charge in [-0.05, 0) is 31.7 Å². The van der Waals surface area contributed by atoms with Crippen LogP contribution < -0.4 is 15.5 Å². The number of hydrogen-bond acceptors (Lipinski definition) is 6. The molecule has 1 aromatic carbocycles. The number of carbonyl (C=O) groups is 1. The normalized spacial score (nSPS) is 15.0. The molecule has 2 heterocycles. The largest absolute Gasteiger partial charge is 0.340 e. The lowest BCUT2D eigenvalue weighted by Crippen LogP contribution is -2.46. The van der Waals surface area contributed by atoms with E-state index in [1.54, 1.807) is 0 Å². The van der Waals surface area contributed by atoms with Crippen LogP contribution in [0.25, 0.3) is 0 Å². The van der Waals surface area contributed by atoms with Crippen molar-refractivity contribution in [3.05, 3.63) is 36.0 Å². The second-order valence-electron chi connectivity index (χ2n) is 6.50. The van der Waals surface area contributed by atoms with Gasteiger partial charge in [-0.2, -0.15) is 4.98 Å². The van der Waals surface area contributed by atoms with Crippen LogP contribution in [0.3, 0.4) is 0 Å². The van der Waals surface area contributed by atoms with Gasteiger partial charge in [-0.3, -0.25) is 4.79 Å². The first-order valence-corrected chi connectivity index (χ1v) is 9.01. The van der Waals surface area contributed by atoms with Gasteiger partial charge in [0.25, 0.3) is 0 Å². The molecule has 7 nitrogen and oxygen atoms in total. The molecule has 1 fully saturated rings. The van der Waals surface area contributed by atoms with E-state index in [-0.39, 0.29) is 5.91 Å². The molecular formula is C19H26N6O. The third kappa shape index (κ3) is 4.70. The number of piperazine rings is 1. The number of carbonyl (C=O) groups excluding carboxylic acids is 1. The summed E-state index contributed by atoms with van der Waals surface area (Å²) in [6, 6.07) is 9.51. The van der Waals surface area contributed by atoms with Crippen molar-refractivity contribution in [3.63, 3.8) is 0 Å². The molecule has 1 amide bonds. The van der Waals surface area contributed by atoms with Crippen molar-refractivity contribution in [2.45, 2.75) is 20.8 Å². The van der Waals surface area contributed by atoms with E-state index in [2.05, 4.69) is 32.3 Å². The molecule has 7 heteroatoms. The highest BCUT2D eigenvalue weighted by molar-refractivity contribution is 5.89. The number of benzene rings is 1. The average molecular weight is 354 g/mol. The van der Waals surface area contributed by atoms with Gasteiger partial charge >= 0.3 is 0 Å². The monoisotopic (exact) mass is 354 g/mol. The Morgan fingerprint density at radius 3 is 2.54 bits per heavy atom. The van der Waals surface area contributed by atoms with E-state index in [4.69, 9.17) is 4.98 Å². The lowest BCUT2D eigenvalue weighted by atomic mass is 10.2. The fourth-order valence-electron chi connectivity index (χ4n) is 3.05. The predicted octanol–water partition coefficient (Wildman–Crippen LogP) is 2.63. The highest BCUT2D eigenvalue weighted by Gasteiger charge is 2.18. The number of aryl methyl sites for hydroxylation is 1. The Hall–Kier alpha value is -2.67. The second kappa shape index (κ2) is 8.14. The first kappa shape index (κ1) is 18.1. The maximum Gasteiger partial charge on any atom is 0.227 e. The van der Waals surface area contributed by atoms with Crippen molar-refractivity contribution in [3.8, 4) is 0 Å². The lowest BCUT2D eigenvalue weighted by Gasteiger charge is -2.34. The van der Waals surface area contributed by atoms with Gasteiger partial charge in [0.1, 0.15) is 5.82 Å². The molecule has 2 N–H and O–H groups in total. The first-order valence-electron chi connectivity index (χ1n) is 9.01. The number of aromatic nitrogens is 2. The summed E-state index contributed by atoms with van der Waals surface area (Å²) in [5, 5.41) is 6.11. The van der Waals surface area contributed by atoms with E-state index in [0.717, 1.165) is 61.6 Å². The number of nitrogens with one attached hydrogen (secondary N) is 2. The van der Waals surface area contributed by atoms with Crippen molar-refractivity contribution in [2.75, 3.05) is 48.3 Å². The Morgan fingerprint density at radius 1 is 1.12 bits per heavy atom. The van der Waals surface area contributed by atoms with Crippen molar-refractivity contribution in [2.24, 2.45) is 0 Å². The van der Waals surface area contributed by atoms with Gasteiger partial charge in [0, 0.05) is 56.2 Å². The van der Waals surface area contributed by atoms with Crippen LogP contribution in [0.15, 0.2) is 30.3 Å². The van der Waals surface area contributed by atoms with Crippen LogP contribution in [0.1, 0.15) is 19.5 Å². The molecule has 1 saturated heterocycles. The number of likely N-dealkylation sites (N-methyl/N-ethyl adjacent to an activating group) is 1. The summed E-state index contributed by atoms with van der Waals surface area (Å²) in [6.07, 6.45) is 0. The van der Waals surface area contributed by atoms with Crippen LogP contribution in [0, 0.1) is 6.92 Å². The quantitative estimate of drug-likeness (QED) is 0.860. The van der Waals surface area contributed by atoms with Gasteiger partial charge < -0.3 is 20.4 Å². The maximum atomic E-state index is 11.2. The Kier molecular flexibility index (Phi) is 5.68. The Morgan fingerprint density at radius 2 is 1.85 bits per heavy atom. The summed E-state index contributed by atoms with van der Waals surface area (Å²) in [5.74, 6) is 1.43. The van der Waals surface area contributed by atoms with Gasteiger partial charge in [-0.25, -0.2) is 4.98 Å². The molecule has 1 aromatic heterocycles. The summed E-state index contributed by atoms with van der Waals surface area (Å²) >= 11 is 0. The number of rotatable bonds is 5. The molecule has 1 aliphatic rings. The maximum absolute atomic E-state index is 11.2. The molecule has 0 aliphatic carbocycles. The highest BCUT2D eigenvalue weighted by atomic mass is 16.1. The lowest BCUT2D eigenvalue weighted by molar-refractivity contribution is -0.114. The minimum absolute atomic E-state index is 0.0893. The molecule has 1 aliphatic heterocycles. The summed E-state index contributed by atoms with van der Waals surface area (Å²) < 4.78 is 0. The van der Waals surface area contributed by atoms with Crippen LogP contribution >= 0.6 is 0 Å². The molecule has 0 bridgehead atoms. The van der Waals surface area contributed by atoms with E-state index in [0.29, 0.717) is 0 Å². The molecule has 0 radical (unpaired) electrons. The van der Waals surface area contributed by atoms with E-state index in [1.807, 2.05) is 37.3 Å². The molecule has 0 atom stereocenters. The van der Waals surface area contributed by atoms with Crippen LogP contribution in [0.4, 0.5) is 23.1 Å². The zero-order chi connectivity index (χ0) is 18.5. The molecule has 0 saturated carbocycles. The molecular weight excluding hydrogens is 328 g/mol. The van der Waals surface area contributed by atoms with Gasteiger partial charge in [0.15, 0.2) is 0 Å². The minimum atomic E-state index is -0.0893. The molecule has 26 heavy (non-hydrogen) atoms. The van der Waals surface area contributed by atoms with E-state index in [1.165, 1.54) is 6.92 Å². The average Bonchev–Trinajstić information content (AvgIpc) is 2.61. The summed E-state index contributed by atoms with van der Waals surface area (Å²) in [7, 11) is 0. The fourth-order valence-corrected chi connectivity index (χ4v) is 3.05. The Labute approximate surface area is 154 Å². The topological polar surface area (TPSA) is 73.4 Å². The van der Waals surface area contributed by atoms with Crippen molar-refractivity contribution < 1.29 is 4.79 Å². The summed E-state index contributed by atoms with van der Waals surface area (Å²) in [4.78, 5) is 25.2. The van der Waals surface area contributed by atoms with Crippen molar-refractivity contribution >= 4 is 29.0 Å². The molecule has 138 valence electrons. The smallest absolute Gasteiger partial charge is 0.227 e. The van der Waals surface area contributed by atoms with E-state index < -0.39 is 0 Å². The van der Waals surface area contributed by atoms with Crippen molar-refractivity contribution in [1.82, 2.24) is 14.9 Å². The van der Waals surface area contributed by atoms with Crippen LogP contribution in [-0.4, -0.2) is 53.5 Å². The minimum Gasteiger partial charge on any atom is -0.340 e. The van der Waals surface area contributed by atoms with Gasteiger partial charge in [0.2, 0.25) is 11.9 Å². The van der Waals surface area contributed by atoms with Crippen LogP contribution in [-0.2, 0) is 4.79 Å². The number of anilines is 4. The summed E-state index contributed by atoms with van der Waals surface area (Å²) in [6.45, 7) is 10.7. The number of amides is 1. The molecule has 0 unspecified atom stereocenters. The third-order valence-corrected chi connectivity index (χ3v) is 4.40. The van der Waals surface area contributed by atoms with Gasteiger partial charge in [-0.15, -0.1) is 0 Å². The molecule has 0 spiro atoms. The Bertz CT molecular complexity index is 770. The second-order valence-corrected chi connectivity index (χ2v) is 6.50. The molecule has 3 rings (SSSR count). The molecule has 2 aromatic rings. The Balaban J connectivity index is 1.75. The van der Waals surface area contributed by atoms with Crippen molar-refractivity contribution in [1.29, 1.82) is 0 Å². The number of hydrogen-bond donors (Lipinski definition) is 2. The van der Waals surface area contributed by atoms with Crippen LogP contribution in [0.2, 0.25) is 0 Å². The fraction of sp³-hybridized carbons (Fsp3) is 0.421. The highest BCUT2D eigenvalue weighted by Crippen LogP contribution is 2.21. The first-order chi connectivity index (χ1) is 12.5. The van der Waals surface area contributed by atoms with E-state index >= 15 is 0 Å². The zero-order valence-electron chi connectivity index (χ0n) is 15.6. The number of nitrogens with zero attached hydrogens (tertiary/aromatic N) is 4. The standard InChI is InChI=1S/C19H26N6O/c1-4-24-8-10-25(11-9-24)19-20-14(2)12-18(23-19)22-17-7-5-6-16(13-17)21-15(3)26/h5-7,12-13H,4,8-11H2,1-3H3,(H,21,26)(H,20,22,23).